The molecular weight excluding hydrogens is 428 g/mol. The number of benzene rings is 1. The Morgan fingerprint density at radius 2 is 2.25 bits per heavy atom. The Bertz CT molecular complexity index is 883. The molecule has 0 bridgehead atoms. The number of anilines is 2. The molecule has 150 valence electrons. The van der Waals surface area contributed by atoms with Crippen molar-refractivity contribution >= 4 is 39.3 Å². The Balaban J connectivity index is 1.84. The van der Waals surface area contributed by atoms with Crippen molar-refractivity contribution in [3.05, 3.63) is 40.0 Å². The summed E-state index contributed by atoms with van der Waals surface area (Å²) >= 11 is 3.46. The fourth-order valence-electron chi connectivity index (χ4n) is 3.13. The van der Waals surface area contributed by atoms with Crippen LogP contribution in [0.3, 0.4) is 0 Å². The highest BCUT2D eigenvalue weighted by Crippen LogP contribution is 2.29. The molecule has 0 aliphatic carbocycles. The van der Waals surface area contributed by atoms with Crippen LogP contribution in [0.4, 0.5) is 11.5 Å². The molecule has 1 aromatic carbocycles. The maximum Gasteiger partial charge on any atom is 0.310 e. The lowest BCUT2D eigenvalue weighted by Crippen LogP contribution is -2.28. The van der Waals surface area contributed by atoms with Crippen molar-refractivity contribution < 1.29 is 19.1 Å². The van der Waals surface area contributed by atoms with Crippen LogP contribution >= 0.6 is 15.9 Å². The van der Waals surface area contributed by atoms with Gasteiger partial charge < -0.3 is 20.5 Å². The zero-order chi connectivity index (χ0) is 20.3. The highest BCUT2D eigenvalue weighted by molar-refractivity contribution is 9.10. The van der Waals surface area contributed by atoms with E-state index in [2.05, 4.69) is 33.3 Å². The summed E-state index contributed by atoms with van der Waals surface area (Å²) in [5.41, 5.74) is 7.37. The number of nitrogens with one attached hydrogen (secondary N) is 1. The van der Waals surface area contributed by atoms with E-state index in [1.54, 1.807) is 23.0 Å². The van der Waals surface area contributed by atoms with Crippen LogP contribution < -0.4 is 11.1 Å². The number of nitrogens with two attached hydrogens (primary N) is 1. The second-order valence-electron chi connectivity index (χ2n) is 6.83. The summed E-state index contributed by atoms with van der Waals surface area (Å²) < 4.78 is 12.8. The molecule has 28 heavy (non-hydrogen) atoms. The average molecular weight is 451 g/mol. The number of amides is 1. The van der Waals surface area contributed by atoms with Crippen molar-refractivity contribution in [2.75, 3.05) is 25.6 Å². The summed E-state index contributed by atoms with van der Waals surface area (Å²) in [6.45, 7) is 3.43. The second-order valence-corrected chi connectivity index (χ2v) is 7.68. The highest BCUT2D eigenvalue weighted by atomic mass is 79.9. The molecule has 1 aromatic heterocycles. The number of rotatable bonds is 6. The molecular formula is C19H23BrN4O4. The van der Waals surface area contributed by atoms with Gasteiger partial charge in [0.25, 0.3) is 5.91 Å². The smallest absolute Gasteiger partial charge is 0.310 e. The molecule has 1 fully saturated rings. The van der Waals surface area contributed by atoms with Gasteiger partial charge in [0, 0.05) is 23.0 Å². The molecule has 3 N–H and O–H groups in total. The Hall–Kier alpha value is -2.39. The summed E-state index contributed by atoms with van der Waals surface area (Å²) in [5, 5.41) is 7.69. The standard InChI is InChI=1S/C19H23BrN4O4/c1-11-5-6-28-10-16(11)24-9-14(18(21)26)19(23-24)22-13-4-3-12(15(20)8-13)7-17(25)27-2/h3-4,8-9,11,16H,5-7,10H2,1-2H3,(H2,21,26)(H,22,23)/t11-,16?/m0/s1. The molecule has 0 spiro atoms. The van der Waals surface area contributed by atoms with Crippen LogP contribution in [0, 0.1) is 5.92 Å². The lowest BCUT2D eigenvalue weighted by molar-refractivity contribution is -0.139. The number of nitrogens with zero attached hydrogens (tertiary/aromatic N) is 2. The van der Waals surface area contributed by atoms with E-state index in [1.165, 1.54) is 7.11 Å². The van der Waals surface area contributed by atoms with Crippen LogP contribution in [0.1, 0.15) is 35.3 Å². The van der Waals surface area contributed by atoms with Gasteiger partial charge >= 0.3 is 5.97 Å². The van der Waals surface area contributed by atoms with E-state index in [0.717, 1.165) is 23.1 Å². The Morgan fingerprint density at radius 1 is 1.46 bits per heavy atom. The molecule has 0 saturated carbocycles. The number of ether oxygens (including phenoxy) is 2. The zero-order valence-corrected chi connectivity index (χ0v) is 17.4. The first-order valence-corrected chi connectivity index (χ1v) is 9.77. The summed E-state index contributed by atoms with van der Waals surface area (Å²) in [6.07, 6.45) is 2.77. The van der Waals surface area contributed by atoms with Gasteiger partial charge in [-0.15, -0.1) is 0 Å². The molecule has 1 amide bonds. The third kappa shape index (κ3) is 4.53. The molecule has 1 aliphatic heterocycles. The van der Waals surface area contributed by atoms with Crippen molar-refractivity contribution in [1.82, 2.24) is 9.78 Å². The Kier molecular flexibility index (Phi) is 6.35. The average Bonchev–Trinajstić information content (AvgIpc) is 3.08. The molecule has 2 atom stereocenters. The minimum absolute atomic E-state index is 0.0524. The number of carbonyl (C=O) groups excluding carboxylic acids is 2. The van der Waals surface area contributed by atoms with Crippen molar-refractivity contribution in [3.8, 4) is 0 Å². The largest absolute Gasteiger partial charge is 0.469 e. The lowest BCUT2D eigenvalue weighted by atomic mass is 9.97. The van der Waals surface area contributed by atoms with E-state index >= 15 is 0 Å². The van der Waals surface area contributed by atoms with Crippen LogP contribution in [0.25, 0.3) is 0 Å². The maximum atomic E-state index is 11.9. The van der Waals surface area contributed by atoms with Gasteiger partial charge in [-0.25, -0.2) is 0 Å². The molecule has 2 aromatic rings. The molecule has 9 heteroatoms. The van der Waals surface area contributed by atoms with Gasteiger partial charge in [0.1, 0.15) is 5.56 Å². The first-order valence-electron chi connectivity index (χ1n) is 8.98. The minimum Gasteiger partial charge on any atom is -0.469 e. The van der Waals surface area contributed by atoms with Crippen LogP contribution in [0.2, 0.25) is 0 Å². The van der Waals surface area contributed by atoms with E-state index in [1.807, 2.05) is 6.07 Å². The molecule has 0 radical (unpaired) electrons. The molecule has 1 aliphatic rings. The SMILES string of the molecule is COC(=O)Cc1ccc(Nc2nn(C3COCC[C@@H]3C)cc2C(N)=O)cc1Br. The number of hydrogen-bond acceptors (Lipinski definition) is 6. The van der Waals surface area contributed by atoms with Gasteiger partial charge in [-0.2, -0.15) is 5.10 Å². The van der Waals surface area contributed by atoms with Gasteiger partial charge in [0.05, 0.1) is 26.2 Å². The summed E-state index contributed by atoms with van der Waals surface area (Å²) in [6, 6.07) is 5.48. The summed E-state index contributed by atoms with van der Waals surface area (Å²) in [4.78, 5) is 23.4. The van der Waals surface area contributed by atoms with Gasteiger partial charge in [-0.3, -0.25) is 14.3 Å². The number of carbonyl (C=O) groups is 2. The summed E-state index contributed by atoms with van der Waals surface area (Å²) in [5.74, 6) is -0.105. The van der Waals surface area contributed by atoms with Crippen LogP contribution in [-0.4, -0.2) is 42.0 Å². The van der Waals surface area contributed by atoms with E-state index in [0.29, 0.717) is 29.6 Å². The second kappa shape index (κ2) is 8.74. The quantitative estimate of drug-likeness (QED) is 0.654. The predicted octanol–water partition coefficient (Wildman–Crippen LogP) is 2.80. The number of hydrogen-bond donors (Lipinski definition) is 2. The first-order chi connectivity index (χ1) is 13.4. The third-order valence-electron chi connectivity index (χ3n) is 4.88. The molecule has 1 saturated heterocycles. The predicted molar refractivity (Wildman–Crippen MR) is 108 cm³/mol. The van der Waals surface area contributed by atoms with Gasteiger partial charge in [0.15, 0.2) is 5.82 Å². The monoisotopic (exact) mass is 450 g/mol. The Morgan fingerprint density at radius 3 is 2.89 bits per heavy atom. The van der Waals surface area contributed by atoms with Crippen LogP contribution in [0.5, 0.6) is 0 Å². The normalized spacial score (nSPS) is 19.2. The number of primary amides is 1. The fraction of sp³-hybridized carbons (Fsp3) is 0.421. The van der Waals surface area contributed by atoms with E-state index in [4.69, 9.17) is 15.2 Å². The first kappa shape index (κ1) is 20.3. The van der Waals surface area contributed by atoms with Crippen molar-refractivity contribution in [2.24, 2.45) is 11.7 Å². The number of methoxy groups -OCH3 is 1. The number of esters is 1. The maximum absolute atomic E-state index is 11.9. The van der Waals surface area contributed by atoms with Gasteiger partial charge in [0.2, 0.25) is 0 Å². The third-order valence-corrected chi connectivity index (χ3v) is 5.62. The Labute approximate surface area is 171 Å². The van der Waals surface area contributed by atoms with Crippen molar-refractivity contribution in [3.63, 3.8) is 0 Å². The van der Waals surface area contributed by atoms with Crippen molar-refractivity contribution in [2.45, 2.75) is 25.8 Å². The molecule has 8 nitrogen and oxygen atoms in total. The van der Waals surface area contributed by atoms with E-state index in [-0.39, 0.29) is 18.4 Å². The van der Waals surface area contributed by atoms with Crippen LogP contribution in [0.15, 0.2) is 28.9 Å². The number of halogens is 1. The fourth-order valence-corrected chi connectivity index (χ4v) is 3.65. The van der Waals surface area contributed by atoms with Crippen LogP contribution in [-0.2, 0) is 20.7 Å². The lowest BCUT2D eigenvalue weighted by Gasteiger charge is -2.28. The minimum atomic E-state index is -0.556. The van der Waals surface area contributed by atoms with E-state index in [9.17, 15) is 9.59 Å². The van der Waals surface area contributed by atoms with Crippen molar-refractivity contribution in [1.29, 1.82) is 0 Å². The summed E-state index contributed by atoms with van der Waals surface area (Å²) in [7, 11) is 1.35. The topological polar surface area (TPSA) is 108 Å². The molecule has 3 rings (SSSR count). The molecule has 1 unspecified atom stereocenters. The van der Waals surface area contributed by atoms with E-state index < -0.39 is 5.91 Å². The number of aromatic nitrogens is 2. The van der Waals surface area contributed by atoms with Gasteiger partial charge in [-0.05, 0) is 30.0 Å². The zero-order valence-electron chi connectivity index (χ0n) is 15.8. The highest BCUT2D eigenvalue weighted by Gasteiger charge is 2.26. The van der Waals surface area contributed by atoms with Gasteiger partial charge in [-0.1, -0.05) is 28.9 Å². The molecule has 2 heterocycles.